The number of nitrogens with zero attached hydrogens (tertiary/aromatic N) is 3. The Morgan fingerprint density at radius 3 is 2.55 bits per heavy atom. The van der Waals surface area contributed by atoms with Crippen molar-refractivity contribution in [2.24, 2.45) is 0 Å². The molecule has 104 valence electrons. The molecule has 2 aromatic rings. The lowest BCUT2D eigenvalue weighted by Gasteiger charge is -2.12. The molecule has 0 radical (unpaired) electrons. The third kappa shape index (κ3) is 2.44. The van der Waals surface area contributed by atoms with Crippen LogP contribution in [0, 0.1) is 11.3 Å². The number of aromatic nitrogens is 2. The van der Waals surface area contributed by atoms with E-state index in [1.165, 1.54) is 11.8 Å². The predicted molar refractivity (Wildman–Crippen MR) is 84.1 cm³/mol. The molecule has 8 heteroatoms. The standard InChI is InChI=1S/C12H11Cl2N5S/c1-2-3-20-10-5(4-15)7(13)6-9(8(10)14)18-12(17)19-11(6)16/h2-3H2,1H3,(H4,16,17,18,19). The summed E-state index contributed by atoms with van der Waals surface area (Å²) in [7, 11) is 0. The average Bonchev–Trinajstić information content (AvgIpc) is 2.40. The maximum atomic E-state index is 9.32. The zero-order chi connectivity index (χ0) is 14.9. The van der Waals surface area contributed by atoms with E-state index in [0.29, 0.717) is 26.4 Å². The van der Waals surface area contributed by atoms with E-state index in [-0.39, 0.29) is 16.8 Å². The Morgan fingerprint density at radius 1 is 1.25 bits per heavy atom. The van der Waals surface area contributed by atoms with Crippen LogP contribution >= 0.6 is 35.0 Å². The van der Waals surface area contributed by atoms with Gasteiger partial charge in [0.2, 0.25) is 5.95 Å². The normalized spacial score (nSPS) is 10.7. The average molecular weight is 328 g/mol. The van der Waals surface area contributed by atoms with Gasteiger partial charge in [-0.25, -0.2) is 4.98 Å². The molecule has 0 atom stereocenters. The summed E-state index contributed by atoms with van der Waals surface area (Å²) in [4.78, 5) is 8.55. The van der Waals surface area contributed by atoms with Gasteiger partial charge in [-0.2, -0.15) is 10.2 Å². The Morgan fingerprint density at radius 2 is 1.95 bits per heavy atom. The van der Waals surface area contributed by atoms with Gasteiger partial charge in [-0.15, -0.1) is 11.8 Å². The van der Waals surface area contributed by atoms with E-state index in [0.717, 1.165) is 12.2 Å². The van der Waals surface area contributed by atoms with Gasteiger partial charge in [0.15, 0.2) is 0 Å². The summed E-state index contributed by atoms with van der Waals surface area (Å²) in [5.74, 6) is 0.943. The smallest absolute Gasteiger partial charge is 0.222 e. The second-order valence-corrected chi connectivity index (χ2v) is 5.84. The van der Waals surface area contributed by atoms with Crippen LogP contribution in [-0.4, -0.2) is 15.7 Å². The van der Waals surface area contributed by atoms with Crippen molar-refractivity contribution in [1.82, 2.24) is 9.97 Å². The fourth-order valence-corrected chi connectivity index (χ4v) is 3.45. The van der Waals surface area contributed by atoms with Crippen molar-refractivity contribution in [3.63, 3.8) is 0 Å². The molecule has 0 unspecified atom stereocenters. The minimum atomic E-state index is 0.0177. The number of rotatable bonds is 3. The van der Waals surface area contributed by atoms with Gasteiger partial charge in [-0.1, -0.05) is 30.1 Å². The van der Waals surface area contributed by atoms with E-state index in [1.54, 1.807) is 0 Å². The van der Waals surface area contributed by atoms with Gasteiger partial charge in [0.05, 0.1) is 26.5 Å². The van der Waals surface area contributed by atoms with Crippen LogP contribution in [0.2, 0.25) is 10.0 Å². The summed E-state index contributed by atoms with van der Waals surface area (Å²) < 4.78 is 0. The van der Waals surface area contributed by atoms with Gasteiger partial charge in [-0.05, 0) is 12.2 Å². The Bertz CT molecular complexity index is 726. The minimum absolute atomic E-state index is 0.0177. The predicted octanol–water partition coefficient (Wildman–Crippen LogP) is 3.47. The maximum Gasteiger partial charge on any atom is 0.222 e. The first-order chi connectivity index (χ1) is 9.51. The molecule has 1 heterocycles. The van der Waals surface area contributed by atoms with Gasteiger partial charge >= 0.3 is 0 Å². The molecule has 0 saturated carbocycles. The summed E-state index contributed by atoms with van der Waals surface area (Å²) in [6, 6.07) is 2.07. The van der Waals surface area contributed by atoms with Gasteiger partial charge < -0.3 is 11.5 Å². The lowest BCUT2D eigenvalue weighted by Crippen LogP contribution is -2.03. The van der Waals surface area contributed by atoms with Crippen molar-refractivity contribution in [2.75, 3.05) is 17.2 Å². The lowest BCUT2D eigenvalue weighted by atomic mass is 10.1. The minimum Gasteiger partial charge on any atom is -0.383 e. The molecule has 0 fully saturated rings. The number of nitrogen functional groups attached to an aromatic ring is 2. The number of thioether (sulfide) groups is 1. The van der Waals surface area contributed by atoms with Crippen LogP contribution in [0.25, 0.3) is 10.9 Å². The molecule has 4 N–H and O–H groups in total. The van der Waals surface area contributed by atoms with Gasteiger partial charge in [0.25, 0.3) is 0 Å². The Hall–Kier alpha value is -1.42. The Kier molecular flexibility index (Phi) is 4.43. The highest BCUT2D eigenvalue weighted by atomic mass is 35.5. The van der Waals surface area contributed by atoms with Crippen LogP contribution < -0.4 is 11.5 Å². The van der Waals surface area contributed by atoms with E-state index in [1.807, 2.05) is 6.92 Å². The van der Waals surface area contributed by atoms with E-state index in [2.05, 4.69) is 16.0 Å². The summed E-state index contributed by atoms with van der Waals surface area (Å²) >= 11 is 14.1. The largest absolute Gasteiger partial charge is 0.383 e. The van der Waals surface area contributed by atoms with Crippen molar-refractivity contribution in [1.29, 1.82) is 5.26 Å². The Labute approximate surface area is 130 Å². The number of nitrogens with two attached hydrogens (primary N) is 2. The van der Waals surface area contributed by atoms with E-state index in [9.17, 15) is 5.26 Å². The Balaban J connectivity index is 2.87. The molecule has 0 amide bonds. The number of hydrogen-bond acceptors (Lipinski definition) is 6. The van der Waals surface area contributed by atoms with E-state index in [4.69, 9.17) is 34.7 Å². The van der Waals surface area contributed by atoms with Crippen LogP contribution in [0.4, 0.5) is 11.8 Å². The van der Waals surface area contributed by atoms with E-state index < -0.39 is 0 Å². The number of fused-ring (bicyclic) bond motifs is 1. The number of nitriles is 1. The highest BCUT2D eigenvalue weighted by Gasteiger charge is 2.21. The number of benzene rings is 1. The third-order valence-electron chi connectivity index (χ3n) is 2.59. The third-order valence-corrected chi connectivity index (χ3v) is 4.76. The van der Waals surface area contributed by atoms with Crippen molar-refractivity contribution in [3.8, 4) is 6.07 Å². The molecular weight excluding hydrogens is 317 g/mol. The summed E-state index contributed by atoms with van der Waals surface area (Å²) in [6.45, 7) is 2.04. The fourth-order valence-electron chi connectivity index (χ4n) is 1.75. The van der Waals surface area contributed by atoms with Crippen LogP contribution in [0.15, 0.2) is 4.90 Å². The van der Waals surface area contributed by atoms with Crippen molar-refractivity contribution >= 4 is 57.6 Å². The molecule has 20 heavy (non-hydrogen) atoms. The first-order valence-corrected chi connectivity index (χ1v) is 7.51. The molecule has 0 aliphatic carbocycles. The second kappa shape index (κ2) is 5.92. The molecule has 1 aromatic heterocycles. The number of anilines is 2. The monoisotopic (exact) mass is 327 g/mol. The highest BCUT2D eigenvalue weighted by molar-refractivity contribution is 7.99. The molecule has 0 bridgehead atoms. The number of halogens is 2. The van der Waals surface area contributed by atoms with E-state index >= 15 is 0 Å². The molecule has 0 spiro atoms. The topological polar surface area (TPSA) is 102 Å². The first kappa shape index (κ1) is 15.0. The summed E-state index contributed by atoms with van der Waals surface area (Å²) in [6.07, 6.45) is 0.940. The second-order valence-electron chi connectivity index (χ2n) is 3.98. The molecule has 2 rings (SSSR count). The van der Waals surface area contributed by atoms with Gasteiger partial charge in [-0.3, -0.25) is 0 Å². The highest BCUT2D eigenvalue weighted by Crippen LogP contribution is 2.42. The molecule has 1 aromatic carbocycles. The molecule has 0 aliphatic heterocycles. The maximum absolute atomic E-state index is 9.32. The van der Waals surface area contributed by atoms with Crippen LogP contribution in [0.5, 0.6) is 0 Å². The zero-order valence-corrected chi connectivity index (χ0v) is 12.9. The zero-order valence-electron chi connectivity index (χ0n) is 10.6. The molecular formula is C12H11Cl2N5S. The SMILES string of the molecule is CCCSc1c(C#N)c(Cl)c2c(N)nc(N)nc2c1Cl. The summed E-state index contributed by atoms with van der Waals surface area (Å²) in [5, 5.41) is 10.2. The van der Waals surface area contributed by atoms with Gasteiger partial charge in [0.1, 0.15) is 11.9 Å². The number of hydrogen-bond donors (Lipinski definition) is 2. The fraction of sp³-hybridized carbons (Fsp3) is 0.250. The van der Waals surface area contributed by atoms with Crippen molar-refractivity contribution < 1.29 is 0 Å². The molecule has 5 nitrogen and oxygen atoms in total. The van der Waals surface area contributed by atoms with Crippen LogP contribution in [0.3, 0.4) is 0 Å². The van der Waals surface area contributed by atoms with Crippen LogP contribution in [0.1, 0.15) is 18.9 Å². The quantitative estimate of drug-likeness (QED) is 0.837. The molecule has 0 aliphatic rings. The molecule has 0 saturated heterocycles. The van der Waals surface area contributed by atoms with Crippen molar-refractivity contribution in [3.05, 3.63) is 15.6 Å². The van der Waals surface area contributed by atoms with Gasteiger partial charge in [0, 0.05) is 4.90 Å². The summed E-state index contributed by atoms with van der Waals surface area (Å²) in [5.41, 5.74) is 12.1. The van der Waals surface area contributed by atoms with Crippen molar-refractivity contribution in [2.45, 2.75) is 18.2 Å². The van der Waals surface area contributed by atoms with Crippen LogP contribution in [-0.2, 0) is 0 Å². The first-order valence-electron chi connectivity index (χ1n) is 5.77. The lowest BCUT2D eigenvalue weighted by molar-refractivity contribution is 1.10.